The smallest absolute Gasteiger partial charge is 0.153 e. The molecule has 3 saturated carbocycles. The van der Waals surface area contributed by atoms with Crippen molar-refractivity contribution in [2.75, 3.05) is 0 Å². The third kappa shape index (κ3) is 2.92. The zero-order valence-electron chi connectivity index (χ0n) is 15.8. The highest BCUT2D eigenvalue weighted by Gasteiger charge is 2.53. The monoisotopic (exact) mass is 340 g/mol. The van der Waals surface area contributed by atoms with Crippen molar-refractivity contribution in [3.8, 4) is 5.75 Å². The Kier molecular flexibility index (Phi) is 4.42. The number of phenols is 1. The van der Waals surface area contributed by atoms with E-state index >= 15 is 0 Å². The second kappa shape index (κ2) is 6.45. The van der Waals surface area contributed by atoms with Crippen molar-refractivity contribution < 1.29 is 9.90 Å². The lowest BCUT2D eigenvalue weighted by Gasteiger charge is -2.50. The summed E-state index contributed by atoms with van der Waals surface area (Å²) in [6, 6.07) is 3.83. The molecule has 5 unspecified atom stereocenters. The zero-order valence-corrected chi connectivity index (χ0v) is 15.8. The van der Waals surface area contributed by atoms with Crippen molar-refractivity contribution in [3.63, 3.8) is 0 Å². The van der Waals surface area contributed by atoms with E-state index in [0.717, 1.165) is 30.5 Å². The Labute approximate surface area is 152 Å². The lowest BCUT2D eigenvalue weighted by Crippen LogP contribution is -2.41. The van der Waals surface area contributed by atoms with Crippen molar-refractivity contribution >= 4 is 6.29 Å². The van der Waals surface area contributed by atoms with Gasteiger partial charge in [-0.25, -0.2) is 0 Å². The van der Waals surface area contributed by atoms with Crippen LogP contribution in [-0.4, -0.2) is 11.4 Å². The average molecular weight is 341 g/mol. The normalized spacial score (nSPS) is 37.8. The van der Waals surface area contributed by atoms with Crippen LogP contribution >= 0.6 is 0 Å². The fraction of sp³-hybridized carbons (Fsp3) is 0.696. The summed E-state index contributed by atoms with van der Waals surface area (Å²) < 4.78 is 0. The van der Waals surface area contributed by atoms with Gasteiger partial charge < -0.3 is 5.11 Å². The number of carbonyl (C=O) groups excluding carboxylic acids is 1. The molecule has 0 radical (unpaired) electrons. The van der Waals surface area contributed by atoms with Crippen LogP contribution in [0.25, 0.3) is 0 Å². The van der Waals surface area contributed by atoms with Gasteiger partial charge in [0.05, 0.1) is 5.56 Å². The number of fused-ring (bicyclic) bond motifs is 5. The van der Waals surface area contributed by atoms with E-state index < -0.39 is 0 Å². The molecule has 3 fully saturated rings. The van der Waals surface area contributed by atoms with Crippen molar-refractivity contribution in [2.24, 2.45) is 23.2 Å². The Morgan fingerprint density at radius 2 is 1.88 bits per heavy atom. The summed E-state index contributed by atoms with van der Waals surface area (Å²) in [6.07, 6.45) is 12.9. The van der Waals surface area contributed by atoms with Gasteiger partial charge in [-0.15, -0.1) is 0 Å². The maximum Gasteiger partial charge on any atom is 0.153 e. The van der Waals surface area contributed by atoms with Gasteiger partial charge in [0.15, 0.2) is 6.29 Å². The molecule has 136 valence electrons. The molecule has 0 heterocycles. The topological polar surface area (TPSA) is 37.3 Å². The van der Waals surface area contributed by atoms with Crippen LogP contribution < -0.4 is 0 Å². The summed E-state index contributed by atoms with van der Waals surface area (Å²) in [5.41, 5.74) is 3.63. The molecular formula is C23H32O2. The first-order valence-electron chi connectivity index (χ1n) is 10.4. The van der Waals surface area contributed by atoms with E-state index in [9.17, 15) is 9.90 Å². The first kappa shape index (κ1) is 17.1. The number of phenolic OH excluding ortho intramolecular Hbond substituents is 1. The Hall–Kier alpha value is -1.31. The number of hydrogen-bond acceptors (Lipinski definition) is 2. The lowest BCUT2D eigenvalue weighted by molar-refractivity contribution is 0.0336. The van der Waals surface area contributed by atoms with Gasteiger partial charge in [-0.3, -0.25) is 4.79 Å². The summed E-state index contributed by atoms with van der Waals surface area (Å²) in [4.78, 5) is 11.2. The maximum absolute atomic E-state index is 11.2. The minimum Gasteiger partial charge on any atom is -0.507 e. The fourth-order valence-electron chi connectivity index (χ4n) is 5.98. The average Bonchev–Trinajstić information content (AvgIpc) is 3.45. The van der Waals surface area contributed by atoms with Crippen LogP contribution in [0.1, 0.15) is 92.6 Å². The van der Waals surface area contributed by atoms with Gasteiger partial charge in [0.25, 0.3) is 0 Å². The number of aromatic hydroxyl groups is 1. The molecular weight excluding hydrogens is 308 g/mol. The molecule has 25 heavy (non-hydrogen) atoms. The van der Waals surface area contributed by atoms with Crippen LogP contribution in [-0.2, 0) is 6.42 Å². The molecule has 2 nitrogen and oxygen atoms in total. The first-order valence-corrected chi connectivity index (χ1v) is 10.4. The highest BCUT2D eigenvalue weighted by molar-refractivity contribution is 5.80. The first-order chi connectivity index (χ1) is 12.0. The molecule has 0 aliphatic heterocycles. The van der Waals surface area contributed by atoms with Crippen LogP contribution in [0.3, 0.4) is 0 Å². The number of carbonyl (C=O) groups is 1. The maximum atomic E-state index is 11.2. The van der Waals surface area contributed by atoms with Crippen LogP contribution in [0.2, 0.25) is 0 Å². The zero-order chi connectivity index (χ0) is 17.6. The Bertz CT molecular complexity index is 660. The second-order valence-electron chi connectivity index (χ2n) is 9.23. The Balaban J connectivity index is 0.000000474. The standard InChI is InChI=1S/C20H26O2.C3H6/c1-12-3-6-18-16-5-4-13-10-19(22)14(11-21)9-17(13)15(16)7-8-20(12,18)2;1-2-3-1/h9-12,15-16,18,22H,3-8H2,1-2H3;1-3H2. The molecule has 4 aliphatic rings. The van der Waals surface area contributed by atoms with E-state index in [1.807, 2.05) is 12.1 Å². The number of aryl methyl sites for hydroxylation is 1. The predicted molar refractivity (Wildman–Crippen MR) is 101 cm³/mol. The summed E-state index contributed by atoms with van der Waals surface area (Å²) in [5, 5.41) is 9.96. The molecule has 0 spiro atoms. The molecule has 1 N–H and O–H groups in total. The summed E-state index contributed by atoms with van der Waals surface area (Å²) in [5.74, 6) is 3.24. The fourth-order valence-corrected chi connectivity index (χ4v) is 5.98. The molecule has 0 saturated heterocycles. The van der Waals surface area contributed by atoms with Crippen molar-refractivity contribution in [1.29, 1.82) is 0 Å². The van der Waals surface area contributed by atoms with Gasteiger partial charge in [-0.2, -0.15) is 0 Å². The third-order valence-corrected chi connectivity index (χ3v) is 7.83. The Morgan fingerprint density at radius 3 is 2.56 bits per heavy atom. The largest absolute Gasteiger partial charge is 0.507 e. The molecule has 0 amide bonds. The molecule has 1 aromatic rings. The van der Waals surface area contributed by atoms with Gasteiger partial charge >= 0.3 is 0 Å². The van der Waals surface area contributed by atoms with E-state index in [1.54, 1.807) is 0 Å². The van der Waals surface area contributed by atoms with E-state index in [1.165, 1.54) is 62.5 Å². The second-order valence-corrected chi connectivity index (χ2v) is 9.23. The predicted octanol–water partition coefficient (Wildman–Crippen LogP) is 5.87. The molecule has 4 aliphatic carbocycles. The lowest BCUT2D eigenvalue weighted by atomic mass is 9.54. The van der Waals surface area contributed by atoms with Crippen molar-refractivity contribution in [3.05, 3.63) is 28.8 Å². The third-order valence-electron chi connectivity index (χ3n) is 7.83. The van der Waals surface area contributed by atoms with Gasteiger partial charge in [0.2, 0.25) is 0 Å². The minimum atomic E-state index is 0.155. The quantitative estimate of drug-likeness (QED) is 0.649. The van der Waals surface area contributed by atoms with Gasteiger partial charge in [-0.05, 0) is 90.9 Å². The van der Waals surface area contributed by atoms with E-state index in [4.69, 9.17) is 0 Å². The van der Waals surface area contributed by atoms with Crippen LogP contribution in [0.5, 0.6) is 5.75 Å². The molecule has 1 aromatic carbocycles. The Morgan fingerprint density at radius 1 is 1.12 bits per heavy atom. The highest BCUT2D eigenvalue weighted by atomic mass is 16.3. The number of aldehydes is 1. The highest BCUT2D eigenvalue weighted by Crippen LogP contribution is 2.62. The minimum absolute atomic E-state index is 0.155. The van der Waals surface area contributed by atoms with Gasteiger partial charge in [-0.1, -0.05) is 33.1 Å². The van der Waals surface area contributed by atoms with Crippen LogP contribution in [0, 0.1) is 23.2 Å². The summed E-state index contributed by atoms with van der Waals surface area (Å²) >= 11 is 0. The summed E-state index contributed by atoms with van der Waals surface area (Å²) in [6.45, 7) is 4.97. The molecule has 5 rings (SSSR count). The number of benzene rings is 1. The molecule has 2 heteroatoms. The SMILES string of the molecule is C1CC1.CC1CCC2C3CCc4cc(O)c(C=O)cc4C3CCC12C. The van der Waals surface area contributed by atoms with E-state index in [2.05, 4.69) is 13.8 Å². The summed E-state index contributed by atoms with van der Waals surface area (Å²) in [7, 11) is 0. The van der Waals surface area contributed by atoms with E-state index in [-0.39, 0.29) is 5.75 Å². The number of rotatable bonds is 1. The molecule has 0 aromatic heterocycles. The van der Waals surface area contributed by atoms with Crippen LogP contribution in [0.15, 0.2) is 12.1 Å². The van der Waals surface area contributed by atoms with E-state index in [0.29, 0.717) is 16.9 Å². The molecule has 0 bridgehead atoms. The van der Waals surface area contributed by atoms with Crippen molar-refractivity contribution in [2.45, 2.75) is 77.6 Å². The molecule has 5 atom stereocenters. The van der Waals surface area contributed by atoms with Gasteiger partial charge in [0, 0.05) is 0 Å². The van der Waals surface area contributed by atoms with Crippen molar-refractivity contribution in [1.82, 2.24) is 0 Å². The van der Waals surface area contributed by atoms with Gasteiger partial charge in [0.1, 0.15) is 5.75 Å². The number of hydrogen-bond donors (Lipinski definition) is 1. The van der Waals surface area contributed by atoms with Crippen LogP contribution in [0.4, 0.5) is 0 Å².